The quantitative estimate of drug-likeness (QED) is 0.541. The number of ether oxygens (including phenoxy) is 1. The van der Waals surface area contributed by atoms with Gasteiger partial charge >= 0.3 is 0 Å². The second-order valence-corrected chi connectivity index (χ2v) is 6.77. The summed E-state index contributed by atoms with van der Waals surface area (Å²) in [5, 5.41) is 0. The van der Waals surface area contributed by atoms with Crippen LogP contribution >= 0.6 is 0 Å². The van der Waals surface area contributed by atoms with E-state index < -0.39 is 11.6 Å². The molecule has 3 rings (SSSR count). The zero-order valence-electron chi connectivity index (χ0n) is 14.6. The lowest BCUT2D eigenvalue weighted by Gasteiger charge is -2.28. The second-order valence-electron chi connectivity index (χ2n) is 6.77. The van der Waals surface area contributed by atoms with E-state index in [0.29, 0.717) is 11.5 Å². The van der Waals surface area contributed by atoms with Gasteiger partial charge in [0.1, 0.15) is 0 Å². The zero-order valence-corrected chi connectivity index (χ0v) is 14.6. The number of hydrogen-bond donors (Lipinski definition) is 0. The predicted octanol–water partition coefficient (Wildman–Crippen LogP) is 6.84. The summed E-state index contributed by atoms with van der Waals surface area (Å²) in [5.41, 5.74) is 2.22. The maximum Gasteiger partial charge on any atom is 0.201 e. The van der Waals surface area contributed by atoms with Crippen molar-refractivity contribution >= 4 is 0 Å². The van der Waals surface area contributed by atoms with Gasteiger partial charge in [-0.1, -0.05) is 44.2 Å². The molecule has 0 aliphatic heterocycles. The minimum atomic E-state index is -0.987. The molecule has 3 heteroatoms. The van der Waals surface area contributed by atoms with Gasteiger partial charge in [0, 0.05) is 5.56 Å². The predicted molar refractivity (Wildman–Crippen MR) is 97.6 cm³/mol. The molecule has 2 aromatic carbocycles. The minimum absolute atomic E-state index is 0.152. The summed E-state index contributed by atoms with van der Waals surface area (Å²) in [4.78, 5) is 0. The Bertz CT molecular complexity index is 728. The van der Waals surface area contributed by atoms with Gasteiger partial charge in [-0.15, -0.1) is 0 Å². The van der Waals surface area contributed by atoms with Crippen molar-refractivity contribution in [3.05, 3.63) is 66.4 Å². The Balaban J connectivity index is 1.79. The first-order valence-corrected chi connectivity index (χ1v) is 9.00. The van der Waals surface area contributed by atoms with E-state index in [1.807, 2.05) is 12.1 Å². The fourth-order valence-electron chi connectivity index (χ4n) is 3.77. The number of hydrogen-bond acceptors (Lipinski definition) is 1. The van der Waals surface area contributed by atoms with E-state index in [2.05, 4.69) is 25.6 Å². The normalized spacial score (nSPS) is 20.3. The molecule has 1 saturated carbocycles. The van der Waals surface area contributed by atoms with Crippen LogP contribution in [0.25, 0.3) is 11.1 Å². The molecule has 132 valence electrons. The van der Waals surface area contributed by atoms with Gasteiger partial charge in [0.25, 0.3) is 0 Å². The van der Waals surface area contributed by atoms with E-state index in [1.54, 1.807) is 6.07 Å². The average Bonchev–Trinajstić information content (AvgIpc) is 2.66. The van der Waals surface area contributed by atoms with Gasteiger partial charge in [0.2, 0.25) is 5.82 Å². The molecule has 0 unspecified atom stereocenters. The first-order chi connectivity index (χ1) is 12.1. The zero-order chi connectivity index (χ0) is 17.8. The van der Waals surface area contributed by atoms with Crippen LogP contribution in [0.15, 0.2) is 49.2 Å². The molecular weight excluding hydrogens is 318 g/mol. The summed E-state index contributed by atoms with van der Waals surface area (Å²) in [6.45, 7) is 5.62. The van der Waals surface area contributed by atoms with Crippen molar-refractivity contribution in [2.45, 2.75) is 44.9 Å². The van der Waals surface area contributed by atoms with Crippen LogP contribution in [-0.2, 0) is 0 Å². The van der Waals surface area contributed by atoms with Crippen molar-refractivity contribution in [3.8, 4) is 16.9 Å². The molecule has 0 aromatic heterocycles. The van der Waals surface area contributed by atoms with Crippen molar-refractivity contribution in [3.63, 3.8) is 0 Å². The summed E-state index contributed by atoms with van der Waals surface area (Å²) in [7, 11) is 0. The van der Waals surface area contributed by atoms with Crippen LogP contribution in [0, 0.1) is 17.6 Å². The molecule has 1 aliphatic rings. The van der Waals surface area contributed by atoms with E-state index in [9.17, 15) is 8.78 Å². The Morgan fingerprint density at radius 3 is 2.28 bits per heavy atom. The molecule has 0 amide bonds. The van der Waals surface area contributed by atoms with Crippen molar-refractivity contribution in [1.82, 2.24) is 0 Å². The van der Waals surface area contributed by atoms with E-state index in [0.717, 1.165) is 12.2 Å². The highest BCUT2D eigenvalue weighted by atomic mass is 19.2. The molecule has 1 fully saturated rings. The molecule has 0 saturated heterocycles. The van der Waals surface area contributed by atoms with E-state index >= 15 is 0 Å². The SMILES string of the molecule is C=COc1ccc(-c2ccc(C3CCC(CC)CC3)cc2)c(F)c1F. The summed E-state index contributed by atoms with van der Waals surface area (Å²) >= 11 is 0. The van der Waals surface area contributed by atoms with Gasteiger partial charge in [-0.2, -0.15) is 4.39 Å². The topological polar surface area (TPSA) is 9.23 Å². The highest BCUT2D eigenvalue weighted by Gasteiger charge is 2.21. The first kappa shape index (κ1) is 17.7. The molecule has 1 nitrogen and oxygen atoms in total. The Kier molecular flexibility index (Phi) is 5.52. The lowest BCUT2D eigenvalue weighted by atomic mass is 9.77. The van der Waals surface area contributed by atoms with E-state index in [-0.39, 0.29) is 11.3 Å². The number of benzene rings is 2. The van der Waals surface area contributed by atoms with E-state index in [1.165, 1.54) is 43.7 Å². The molecule has 2 aromatic rings. The third kappa shape index (κ3) is 3.76. The molecule has 0 radical (unpaired) electrons. The monoisotopic (exact) mass is 342 g/mol. The molecule has 0 bridgehead atoms. The van der Waals surface area contributed by atoms with Gasteiger partial charge in [-0.25, -0.2) is 4.39 Å². The van der Waals surface area contributed by atoms with Crippen molar-refractivity contribution in [1.29, 1.82) is 0 Å². The lowest BCUT2D eigenvalue weighted by Crippen LogP contribution is -2.12. The molecule has 0 N–H and O–H groups in total. The van der Waals surface area contributed by atoms with Crippen LogP contribution in [0.5, 0.6) is 5.75 Å². The molecule has 1 aliphatic carbocycles. The molecule has 25 heavy (non-hydrogen) atoms. The Morgan fingerprint density at radius 2 is 1.68 bits per heavy atom. The number of rotatable bonds is 5. The van der Waals surface area contributed by atoms with Crippen LogP contribution in [0.4, 0.5) is 8.78 Å². The lowest BCUT2D eigenvalue weighted by molar-refractivity contribution is 0.319. The van der Waals surface area contributed by atoms with Crippen LogP contribution in [0.2, 0.25) is 0 Å². The fourth-order valence-corrected chi connectivity index (χ4v) is 3.77. The van der Waals surface area contributed by atoms with Gasteiger partial charge in [-0.3, -0.25) is 0 Å². The summed E-state index contributed by atoms with van der Waals surface area (Å²) < 4.78 is 33.2. The van der Waals surface area contributed by atoms with Crippen molar-refractivity contribution < 1.29 is 13.5 Å². The summed E-state index contributed by atoms with van der Waals surface area (Å²) in [6.07, 6.45) is 7.35. The molecular formula is C22H24F2O. The standard InChI is InChI=1S/C22H24F2O/c1-3-15-5-7-16(8-6-15)17-9-11-18(12-10-17)19-13-14-20(25-4-2)22(24)21(19)23/h4,9-16H,2-3,5-8H2,1H3. The van der Waals surface area contributed by atoms with Gasteiger partial charge in [-0.05, 0) is 60.8 Å². The van der Waals surface area contributed by atoms with Crippen LogP contribution < -0.4 is 4.74 Å². The highest BCUT2D eigenvalue weighted by Crippen LogP contribution is 2.38. The average molecular weight is 342 g/mol. The Hall–Kier alpha value is -2.16. The van der Waals surface area contributed by atoms with Crippen LogP contribution in [0.3, 0.4) is 0 Å². The molecule has 0 spiro atoms. The third-order valence-corrected chi connectivity index (χ3v) is 5.37. The van der Waals surface area contributed by atoms with E-state index in [4.69, 9.17) is 4.74 Å². The largest absolute Gasteiger partial charge is 0.462 e. The highest BCUT2D eigenvalue weighted by molar-refractivity contribution is 5.65. The van der Waals surface area contributed by atoms with Crippen LogP contribution in [0.1, 0.15) is 50.5 Å². The van der Waals surface area contributed by atoms with Crippen molar-refractivity contribution in [2.24, 2.45) is 5.92 Å². The maximum absolute atomic E-state index is 14.3. The Labute approximate surface area is 148 Å². The summed E-state index contributed by atoms with van der Waals surface area (Å²) in [6, 6.07) is 10.8. The smallest absolute Gasteiger partial charge is 0.201 e. The van der Waals surface area contributed by atoms with Crippen molar-refractivity contribution in [2.75, 3.05) is 0 Å². The molecule has 0 atom stereocenters. The molecule has 0 heterocycles. The van der Waals surface area contributed by atoms with Gasteiger partial charge < -0.3 is 4.74 Å². The van der Waals surface area contributed by atoms with Crippen LogP contribution in [-0.4, -0.2) is 0 Å². The van der Waals surface area contributed by atoms with Gasteiger partial charge in [0.15, 0.2) is 11.6 Å². The Morgan fingerprint density at radius 1 is 1.00 bits per heavy atom. The first-order valence-electron chi connectivity index (χ1n) is 9.00. The summed E-state index contributed by atoms with van der Waals surface area (Å²) in [5.74, 6) is -0.582. The second kappa shape index (κ2) is 7.81. The third-order valence-electron chi connectivity index (χ3n) is 5.37. The fraction of sp³-hybridized carbons (Fsp3) is 0.364. The number of halogens is 2. The minimum Gasteiger partial charge on any atom is -0.462 e. The maximum atomic E-state index is 14.3. The van der Waals surface area contributed by atoms with Gasteiger partial charge in [0.05, 0.1) is 6.26 Å².